The van der Waals surface area contributed by atoms with Gasteiger partial charge in [-0.05, 0) is 63.6 Å². The molecule has 3 fully saturated rings. The highest BCUT2D eigenvalue weighted by molar-refractivity contribution is 5.89. The molecular formula is C21H31FN4O2. The van der Waals surface area contributed by atoms with E-state index in [9.17, 15) is 9.18 Å². The van der Waals surface area contributed by atoms with Crippen LogP contribution >= 0.6 is 0 Å². The maximum Gasteiger partial charge on any atom is 0.319 e. The van der Waals surface area contributed by atoms with Crippen LogP contribution < -0.4 is 20.9 Å². The minimum atomic E-state index is -0.325. The van der Waals surface area contributed by atoms with Crippen molar-refractivity contribution in [3.05, 3.63) is 24.0 Å². The molecule has 0 spiro atoms. The smallest absolute Gasteiger partial charge is 0.319 e. The minimum absolute atomic E-state index is 0.0666. The van der Waals surface area contributed by atoms with Crippen LogP contribution in [0.5, 0.6) is 0 Å². The standard InChI is InChI=1S/C21H31FN4O2/c1-13-11-26(12-14(2)28-13)20-6-5-18(9-19(20)22)25-21(27)23-10-15-7-16-3-4-17(8-15)24-16/h5-6,9,13-17,24H,3-4,7-8,10-12H2,1-2H3,(H2,23,25,27)/t13?,14?,15?,16-,17+. The zero-order chi connectivity index (χ0) is 19.7. The van der Waals surface area contributed by atoms with Gasteiger partial charge in [0.1, 0.15) is 5.82 Å². The number of fused-ring (bicyclic) bond motifs is 2. The van der Waals surface area contributed by atoms with Crippen LogP contribution in [0.4, 0.5) is 20.6 Å². The number of anilines is 2. The van der Waals surface area contributed by atoms with E-state index in [1.54, 1.807) is 12.1 Å². The van der Waals surface area contributed by atoms with Crippen molar-refractivity contribution in [2.75, 3.05) is 29.9 Å². The molecule has 5 atom stereocenters. The summed E-state index contributed by atoms with van der Waals surface area (Å²) in [7, 11) is 0. The van der Waals surface area contributed by atoms with Crippen LogP contribution in [0, 0.1) is 11.7 Å². The van der Waals surface area contributed by atoms with Gasteiger partial charge in [0, 0.05) is 37.4 Å². The van der Waals surface area contributed by atoms with Gasteiger partial charge in [-0.2, -0.15) is 0 Å². The van der Waals surface area contributed by atoms with Gasteiger partial charge in [-0.25, -0.2) is 9.18 Å². The lowest BCUT2D eigenvalue weighted by Gasteiger charge is -2.37. The van der Waals surface area contributed by atoms with E-state index in [0.29, 0.717) is 49.0 Å². The molecule has 3 saturated heterocycles. The second-order valence-electron chi connectivity index (χ2n) is 8.64. The molecule has 28 heavy (non-hydrogen) atoms. The number of morpholine rings is 1. The van der Waals surface area contributed by atoms with Crippen molar-refractivity contribution in [2.45, 2.75) is 63.8 Å². The monoisotopic (exact) mass is 390 g/mol. The van der Waals surface area contributed by atoms with Crippen LogP contribution in [0.25, 0.3) is 0 Å². The summed E-state index contributed by atoms with van der Waals surface area (Å²) in [6, 6.07) is 5.84. The minimum Gasteiger partial charge on any atom is -0.372 e. The quantitative estimate of drug-likeness (QED) is 0.739. The Bertz CT molecular complexity index is 694. The third kappa shape index (κ3) is 4.58. The van der Waals surface area contributed by atoms with E-state index in [0.717, 1.165) is 12.8 Å². The summed E-state index contributed by atoms with van der Waals surface area (Å²) in [5.74, 6) is 0.197. The van der Waals surface area contributed by atoms with Gasteiger partial charge in [-0.15, -0.1) is 0 Å². The molecule has 0 saturated carbocycles. The molecule has 3 aliphatic heterocycles. The number of carbonyl (C=O) groups is 1. The molecular weight excluding hydrogens is 359 g/mol. The zero-order valence-corrected chi connectivity index (χ0v) is 16.7. The summed E-state index contributed by atoms with van der Waals surface area (Å²) in [4.78, 5) is 14.2. The van der Waals surface area contributed by atoms with Gasteiger partial charge in [-0.3, -0.25) is 0 Å². The first-order valence-corrected chi connectivity index (χ1v) is 10.5. The van der Waals surface area contributed by atoms with E-state index in [4.69, 9.17) is 4.74 Å². The summed E-state index contributed by atoms with van der Waals surface area (Å²) in [5.41, 5.74) is 1.02. The molecule has 1 aromatic carbocycles. The SMILES string of the molecule is CC1CN(c2ccc(NC(=O)NCC3C[C@H]4CC[C@@H](C3)N4)cc2F)CC(C)O1. The van der Waals surface area contributed by atoms with E-state index in [1.165, 1.54) is 18.9 Å². The Kier molecular flexibility index (Phi) is 5.73. The van der Waals surface area contributed by atoms with E-state index < -0.39 is 0 Å². The number of urea groups is 1. The van der Waals surface area contributed by atoms with Crippen molar-refractivity contribution in [1.82, 2.24) is 10.6 Å². The van der Waals surface area contributed by atoms with Crippen molar-refractivity contribution in [3.8, 4) is 0 Å². The molecule has 1 aromatic rings. The number of benzene rings is 1. The van der Waals surface area contributed by atoms with Crippen LogP contribution in [0.15, 0.2) is 18.2 Å². The Balaban J connectivity index is 1.29. The molecule has 0 aliphatic carbocycles. The molecule has 7 heteroatoms. The average molecular weight is 391 g/mol. The Hall–Kier alpha value is -1.86. The van der Waals surface area contributed by atoms with Crippen molar-refractivity contribution >= 4 is 17.4 Å². The number of halogens is 1. The predicted molar refractivity (Wildman–Crippen MR) is 108 cm³/mol. The third-order valence-corrected chi connectivity index (χ3v) is 6.09. The van der Waals surface area contributed by atoms with Gasteiger partial charge in [0.25, 0.3) is 0 Å². The first kappa shape index (κ1) is 19.5. The summed E-state index contributed by atoms with van der Waals surface area (Å²) in [6.45, 7) is 5.98. The van der Waals surface area contributed by atoms with E-state index in [2.05, 4.69) is 16.0 Å². The van der Waals surface area contributed by atoms with Gasteiger partial charge < -0.3 is 25.6 Å². The van der Waals surface area contributed by atoms with Gasteiger partial charge in [0.15, 0.2) is 0 Å². The Morgan fingerprint density at radius 3 is 2.54 bits per heavy atom. The Morgan fingerprint density at radius 1 is 1.21 bits per heavy atom. The average Bonchev–Trinajstić information content (AvgIpc) is 2.97. The van der Waals surface area contributed by atoms with Gasteiger partial charge in [-0.1, -0.05) is 0 Å². The van der Waals surface area contributed by atoms with E-state index >= 15 is 0 Å². The number of carbonyl (C=O) groups excluding carboxylic acids is 1. The molecule has 3 N–H and O–H groups in total. The summed E-state index contributed by atoms with van der Waals surface area (Å²) < 4.78 is 20.4. The Labute approximate surface area is 166 Å². The van der Waals surface area contributed by atoms with Crippen LogP contribution in [-0.2, 0) is 4.74 Å². The summed E-state index contributed by atoms with van der Waals surface area (Å²) in [6.07, 6.45) is 4.88. The fourth-order valence-electron chi connectivity index (χ4n) is 4.97. The maximum atomic E-state index is 14.6. The number of piperidine rings is 1. The van der Waals surface area contributed by atoms with Gasteiger partial charge in [0.2, 0.25) is 0 Å². The molecule has 0 radical (unpaired) electrons. The first-order chi connectivity index (χ1) is 13.5. The lowest BCUT2D eigenvalue weighted by atomic mass is 9.92. The lowest BCUT2D eigenvalue weighted by molar-refractivity contribution is -0.00539. The topological polar surface area (TPSA) is 65.6 Å². The number of nitrogens with one attached hydrogen (secondary N) is 3. The highest BCUT2D eigenvalue weighted by Crippen LogP contribution is 2.30. The number of ether oxygens (including phenoxy) is 1. The molecule has 6 nitrogen and oxygen atoms in total. The molecule has 4 rings (SSSR count). The number of hydrogen-bond donors (Lipinski definition) is 3. The number of hydrogen-bond acceptors (Lipinski definition) is 4. The van der Waals surface area contributed by atoms with Gasteiger partial charge >= 0.3 is 6.03 Å². The summed E-state index contributed by atoms with van der Waals surface area (Å²) in [5, 5.41) is 9.32. The van der Waals surface area contributed by atoms with E-state index in [-0.39, 0.29) is 24.1 Å². The highest BCUT2D eigenvalue weighted by Gasteiger charge is 2.33. The molecule has 3 aliphatic rings. The maximum absolute atomic E-state index is 14.6. The highest BCUT2D eigenvalue weighted by atomic mass is 19.1. The molecule has 0 aromatic heterocycles. The van der Waals surface area contributed by atoms with Crippen LogP contribution in [0.2, 0.25) is 0 Å². The molecule has 3 unspecified atom stereocenters. The first-order valence-electron chi connectivity index (χ1n) is 10.5. The number of nitrogens with zero attached hydrogens (tertiary/aromatic N) is 1. The van der Waals surface area contributed by atoms with Crippen molar-refractivity contribution in [1.29, 1.82) is 0 Å². The Morgan fingerprint density at radius 2 is 1.89 bits per heavy atom. The van der Waals surface area contributed by atoms with Crippen molar-refractivity contribution in [3.63, 3.8) is 0 Å². The van der Waals surface area contributed by atoms with Crippen LogP contribution in [0.1, 0.15) is 39.5 Å². The molecule has 154 valence electrons. The second kappa shape index (κ2) is 8.25. The zero-order valence-electron chi connectivity index (χ0n) is 16.7. The largest absolute Gasteiger partial charge is 0.372 e. The summed E-state index contributed by atoms with van der Waals surface area (Å²) >= 11 is 0. The second-order valence-corrected chi connectivity index (χ2v) is 8.64. The third-order valence-electron chi connectivity index (χ3n) is 6.09. The fourth-order valence-corrected chi connectivity index (χ4v) is 4.97. The number of amides is 2. The van der Waals surface area contributed by atoms with Crippen LogP contribution in [0.3, 0.4) is 0 Å². The van der Waals surface area contributed by atoms with Gasteiger partial charge in [0.05, 0.1) is 17.9 Å². The normalized spacial score (nSPS) is 32.2. The van der Waals surface area contributed by atoms with Crippen molar-refractivity contribution in [2.24, 2.45) is 5.92 Å². The molecule has 2 amide bonds. The van der Waals surface area contributed by atoms with Crippen LogP contribution in [-0.4, -0.2) is 50.0 Å². The fraction of sp³-hybridized carbons (Fsp3) is 0.667. The number of rotatable bonds is 4. The van der Waals surface area contributed by atoms with E-state index in [1.807, 2.05) is 18.7 Å². The molecule has 3 heterocycles. The predicted octanol–water partition coefficient (Wildman–Crippen LogP) is 3.09. The van der Waals surface area contributed by atoms with Crippen molar-refractivity contribution < 1.29 is 13.9 Å². The molecule has 2 bridgehead atoms. The lowest BCUT2D eigenvalue weighted by Crippen LogP contribution is -2.45.